The molecule has 0 spiro atoms. The zero-order chi connectivity index (χ0) is 12.4. The average Bonchev–Trinajstić information content (AvgIpc) is 2.82. The third-order valence-corrected chi connectivity index (χ3v) is 3.80. The Kier molecular flexibility index (Phi) is 3.17. The maximum absolute atomic E-state index is 5.89. The molecule has 0 aliphatic rings. The van der Waals surface area contributed by atoms with Crippen molar-refractivity contribution in [2.24, 2.45) is 0 Å². The molecule has 0 saturated carbocycles. The number of fused-ring (bicyclic) bond motifs is 1. The van der Waals surface area contributed by atoms with Gasteiger partial charge in [0.2, 0.25) is 0 Å². The molecular weight excluding hydrogens is 266 g/mol. The van der Waals surface area contributed by atoms with Crippen LogP contribution in [0.4, 0.5) is 0 Å². The summed E-state index contributed by atoms with van der Waals surface area (Å²) in [6, 6.07) is 13.7. The lowest BCUT2D eigenvalue weighted by Gasteiger charge is -2.07. The lowest BCUT2D eigenvalue weighted by molar-refractivity contribution is 0.313. The molecule has 0 aliphatic heterocycles. The van der Waals surface area contributed by atoms with Crippen molar-refractivity contribution in [2.75, 3.05) is 0 Å². The van der Waals surface area contributed by atoms with Crippen LogP contribution in [0.3, 0.4) is 0 Å². The Hall–Kier alpha value is -1.58. The van der Waals surface area contributed by atoms with Crippen molar-refractivity contribution in [3.05, 3.63) is 57.9 Å². The summed E-state index contributed by atoms with van der Waals surface area (Å²) in [4.78, 5) is 5.46. The molecule has 3 rings (SSSR count). The molecule has 4 heteroatoms. The van der Waals surface area contributed by atoms with E-state index in [9.17, 15) is 0 Å². The first-order valence-electron chi connectivity index (χ1n) is 5.54. The molecule has 0 bridgehead atoms. The summed E-state index contributed by atoms with van der Waals surface area (Å²) in [5, 5.41) is 1.08. The van der Waals surface area contributed by atoms with Crippen LogP contribution in [0.15, 0.2) is 48.7 Å². The lowest BCUT2D eigenvalue weighted by atomic mass is 10.2. The van der Waals surface area contributed by atoms with Crippen LogP contribution in [-0.2, 0) is 6.61 Å². The Labute approximate surface area is 114 Å². The Morgan fingerprint density at radius 2 is 2.00 bits per heavy atom. The third kappa shape index (κ3) is 2.33. The fourth-order valence-corrected chi connectivity index (χ4v) is 2.77. The second-order valence-electron chi connectivity index (χ2n) is 3.83. The molecule has 3 aromatic rings. The summed E-state index contributed by atoms with van der Waals surface area (Å²) in [6.45, 7) is 0.521. The minimum atomic E-state index is 0.521. The van der Waals surface area contributed by atoms with E-state index in [1.807, 2.05) is 42.5 Å². The molecule has 0 aliphatic carbocycles. The number of ether oxygens (including phenoxy) is 1. The normalized spacial score (nSPS) is 10.7. The van der Waals surface area contributed by atoms with Gasteiger partial charge in [-0.25, -0.2) is 0 Å². The van der Waals surface area contributed by atoms with Crippen LogP contribution in [0.2, 0.25) is 4.34 Å². The molecule has 1 aromatic carbocycles. The van der Waals surface area contributed by atoms with Gasteiger partial charge in [0, 0.05) is 16.5 Å². The van der Waals surface area contributed by atoms with Crippen LogP contribution in [0.1, 0.15) is 4.88 Å². The summed E-state index contributed by atoms with van der Waals surface area (Å²) < 4.78 is 6.59. The van der Waals surface area contributed by atoms with Crippen LogP contribution < -0.4 is 4.74 Å². The number of nitrogens with zero attached hydrogens (tertiary/aromatic N) is 1. The van der Waals surface area contributed by atoms with E-state index in [2.05, 4.69) is 4.98 Å². The monoisotopic (exact) mass is 275 g/mol. The first-order chi connectivity index (χ1) is 8.83. The highest BCUT2D eigenvalue weighted by Crippen LogP contribution is 2.26. The zero-order valence-electron chi connectivity index (χ0n) is 9.47. The molecule has 0 atom stereocenters. The Morgan fingerprint density at radius 3 is 2.83 bits per heavy atom. The van der Waals surface area contributed by atoms with Gasteiger partial charge in [-0.3, -0.25) is 4.98 Å². The second-order valence-corrected chi connectivity index (χ2v) is 5.63. The summed E-state index contributed by atoms with van der Waals surface area (Å²) in [5.74, 6) is 0.803. The standard InChI is InChI=1S/C14H10ClNOS/c15-13-7-6-11(18-13)9-17-12-5-1-3-10-4-2-8-16-14(10)12/h1-8H,9H2. The van der Waals surface area contributed by atoms with Crippen LogP contribution in [-0.4, -0.2) is 4.98 Å². The second kappa shape index (κ2) is 4.96. The number of rotatable bonds is 3. The lowest BCUT2D eigenvalue weighted by Crippen LogP contribution is -1.94. The zero-order valence-corrected chi connectivity index (χ0v) is 11.0. The minimum absolute atomic E-state index is 0.521. The van der Waals surface area contributed by atoms with Crippen LogP contribution in [0, 0.1) is 0 Å². The molecule has 0 amide bonds. The highest BCUT2D eigenvalue weighted by Gasteiger charge is 2.04. The van der Waals surface area contributed by atoms with Gasteiger partial charge < -0.3 is 4.74 Å². The van der Waals surface area contributed by atoms with Gasteiger partial charge in [0.15, 0.2) is 0 Å². The topological polar surface area (TPSA) is 22.1 Å². The molecule has 0 unspecified atom stereocenters. The molecule has 0 N–H and O–H groups in total. The summed E-state index contributed by atoms with van der Waals surface area (Å²) >= 11 is 7.42. The molecule has 18 heavy (non-hydrogen) atoms. The number of thiophene rings is 1. The van der Waals surface area contributed by atoms with Crippen molar-refractivity contribution in [1.82, 2.24) is 4.98 Å². The van der Waals surface area contributed by atoms with Gasteiger partial charge >= 0.3 is 0 Å². The smallest absolute Gasteiger partial charge is 0.146 e. The summed E-state index contributed by atoms with van der Waals surface area (Å²) in [6.07, 6.45) is 1.78. The van der Waals surface area contributed by atoms with Gasteiger partial charge in [-0.1, -0.05) is 29.8 Å². The maximum Gasteiger partial charge on any atom is 0.146 e. The van der Waals surface area contributed by atoms with E-state index in [0.29, 0.717) is 6.61 Å². The van der Waals surface area contributed by atoms with Crippen LogP contribution >= 0.6 is 22.9 Å². The van der Waals surface area contributed by atoms with Crippen LogP contribution in [0.5, 0.6) is 5.75 Å². The molecule has 0 fully saturated rings. The summed E-state index contributed by atoms with van der Waals surface area (Å²) in [7, 11) is 0. The highest BCUT2D eigenvalue weighted by molar-refractivity contribution is 7.16. The van der Waals surface area contributed by atoms with E-state index in [1.54, 1.807) is 6.20 Å². The Balaban J connectivity index is 1.86. The van der Waals surface area contributed by atoms with E-state index >= 15 is 0 Å². The summed E-state index contributed by atoms with van der Waals surface area (Å²) in [5.41, 5.74) is 0.891. The quantitative estimate of drug-likeness (QED) is 0.701. The van der Waals surface area contributed by atoms with Crippen molar-refractivity contribution < 1.29 is 4.74 Å². The predicted molar refractivity (Wildman–Crippen MR) is 75.4 cm³/mol. The number of hydrogen-bond acceptors (Lipinski definition) is 3. The van der Waals surface area contributed by atoms with E-state index in [-0.39, 0.29) is 0 Å². The largest absolute Gasteiger partial charge is 0.486 e. The Morgan fingerprint density at radius 1 is 1.11 bits per heavy atom. The van der Waals surface area contributed by atoms with Gasteiger partial charge in [0.05, 0.1) is 4.34 Å². The van der Waals surface area contributed by atoms with Crippen molar-refractivity contribution in [2.45, 2.75) is 6.61 Å². The predicted octanol–water partition coefficient (Wildman–Crippen LogP) is 4.53. The molecule has 0 saturated heterocycles. The third-order valence-electron chi connectivity index (χ3n) is 2.59. The SMILES string of the molecule is Clc1ccc(COc2cccc3cccnc23)s1. The number of pyridine rings is 1. The molecular formula is C14H10ClNOS. The fraction of sp³-hybridized carbons (Fsp3) is 0.0714. The maximum atomic E-state index is 5.89. The van der Waals surface area contributed by atoms with E-state index in [0.717, 1.165) is 25.9 Å². The molecule has 0 radical (unpaired) electrons. The van der Waals surface area contributed by atoms with Gasteiger partial charge in [0.1, 0.15) is 17.9 Å². The molecule has 2 heterocycles. The van der Waals surface area contributed by atoms with Crippen molar-refractivity contribution in [3.63, 3.8) is 0 Å². The number of para-hydroxylation sites is 1. The van der Waals surface area contributed by atoms with Crippen molar-refractivity contribution in [1.29, 1.82) is 0 Å². The molecule has 2 nitrogen and oxygen atoms in total. The number of benzene rings is 1. The van der Waals surface area contributed by atoms with E-state index < -0.39 is 0 Å². The van der Waals surface area contributed by atoms with Crippen molar-refractivity contribution >= 4 is 33.8 Å². The van der Waals surface area contributed by atoms with Gasteiger partial charge in [-0.15, -0.1) is 11.3 Å². The minimum Gasteiger partial charge on any atom is -0.486 e. The first kappa shape index (κ1) is 11.5. The molecule has 90 valence electrons. The van der Waals surface area contributed by atoms with E-state index in [4.69, 9.17) is 16.3 Å². The highest BCUT2D eigenvalue weighted by atomic mass is 35.5. The molecule has 2 aromatic heterocycles. The van der Waals surface area contributed by atoms with E-state index in [1.165, 1.54) is 11.3 Å². The number of halogens is 1. The van der Waals surface area contributed by atoms with Gasteiger partial charge in [-0.2, -0.15) is 0 Å². The van der Waals surface area contributed by atoms with Gasteiger partial charge in [0.25, 0.3) is 0 Å². The number of aromatic nitrogens is 1. The fourth-order valence-electron chi connectivity index (χ4n) is 1.77. The van der Waals surface area contributed by atoms with Gasteiger partial charge in [-0.05, 0) is 24.3 Å². The average molecular weight is 276 g/mol. The van der Waals surface area contributed by atoms with Crippen LogP contribution in [0.25, 0.3) is 10.9 Å². The first-order valence-corrected chi connectivity index (χ1v) is 6.73. The number of hydrogen-bond donors (Lipinski definition) is 0. The Bertz CT molecular complexity index is 675. The van der Waals surface area contributed by atoms with Crippen molar-refractivity contribution in [3.8, 4) is 5.75 Å².